The molecule has 0 aromatic carbocycles. The lowest BCUT2D eigenvalue weighted by molar-refractivity contribution is -0.138. The third-order valence-electron chi connectivity index (χ3n) is 5.96. The molecule has 2 atom stereocenters. The van der Waals surface area contributed by atoms with Gasteiger partial charge in [-0.1, -0.05) is 13.3 Å². The number of carbonyl (C=O) groups is 1. The van der Waals surface area contributed by atoms with Gasteiger partial charge in [-0.15, -0.1) is 11.3 Å². The molecule has 2 aromatic rings. The number of pyridine rings is 1. The number of hydrogen-bond donors (Lipinski definition) is 1. The lowest BCUT2D eigenvalue weighted by atomic mass is 9.86. The summed E-state index contributed by atoms with van der Waals surface area (Å²) >= 11 is 1.62. The Kier molecular flexibility index (Phi) is 5.90. The van der Waals surface area contributed by atoms with Crippen LogP contribution in [0.25, 0.3) is 11.1 Å². The van der Waals surface area contributed by atoms with Crippen molar-refractivity contribution in [3.63, 3.8) is 0 Å². The third kappa shape index (κ3) is 3.75. The van der Waals surface area contributed by atoms with Crippen molar-refractivity contribution >= 4 is 23.2 Å². The van der Waals surface area contributed by atoms with Crippen molar-refractivity contribution in [1.29, 1.82) is 0 Å². The Morgan fingerprint density at radius 2 is 2.03 bits per heavy atom. The van der Waals surface area contributed by atoms with E-state index in [9.17, 15) is 4.79 Å². The highest BCUT2D eigenvalue weighted by Gasteiger charge is 2.50. The number of aromatic nitrogens is 1. The van der Waals surface area contributed by atoms with Gasteiger partial charge in [0.15, 0.2) is 5.96 Å². The molecule has 2 aliphatic heterocycles. The number of rotatable bonds is 5. The molecule has 7 nitrogen and oxygen atoms in total. The van der Waals surface area contributed by atoms with E-state index in [2.05, 4.69) is 34.3 Å². The van der Waals surface area contributed by atoms with E-state index in [0.29, 0.717) is 26.3 Å². The highest BCUT2D eigenvalue weighted by atomic mass is 32.1. The van der Waals surface area contributed by atoms with Gasteiger partial charge in [-0.25, -0.2) is 4.99 Å². The van der Waals surface area contributed by atoms with E-state index in [4.69, 9.17) is 15.5 Å². The largest absolute Gasteiger partial charge is 0.379 e. The Hall–Kier alpha value is -2.29. The topological polar surface area (TPSA) is 84.0 Å². The molecule has 0 aliphatic carbocycles. The molecule has 8 heteroatoms. The third-order valence-corrected chi connectivity index (χ3v) is 7.12. The van der Waals surface area contributed by atoms with Gasteiger partial charge in [-0.05, 0) is 42.0 Å². The lowest BCUT2D eigenvalue weighted by Crippen LogP contribution is -2.64. The highest BCUT2D eigenvalue weighted by Crippen LogP contribution is 2.41. The SMILES string of the molecule is CCCc1cncc(-c2csc([C@@]3(C)N=C(N)N(C)C(=O)C3N3CCOCC3)c2)c1. The number of nitrogens with zero attached hydrogens (tertiary/aromatic N) is 4. The van der Waals surface area contributed by atoms with Crippen LogP contribution in [0.4, 0.5) is 0 Å². The zero-order chi connectivity index (χ0) is 21.3. The fourth-order valence-corrected chi connectivity index (χ4v) is 5.32. The lowest BCUT2D eigenvalue weighted by Gasteiger charge is -2.46. The van der Waals surface area contributed by atoms with Gasteiger partial charge in [-0.2, -0.15) is 0 Å². The number of aryl methyl sites for hydroxylation is 1. The standard InChI is InChI=1S/C22H29N5O2S/c1-4-5-15-10-16(13-24-12-15)17-11-18(30-14-17)22(2)19(27-6-8-29-9-7-27)20(28)26(3)21(23)25-22/h10-14,19H,4-9H2,1-3H3,(H2,23,25)/t19?,22-/m1/s1. The minimum absolute atomic E-state index is 0.0199. The van der Waals surface area contributed by atoms with Gasteiger partial charge in [0.1, 0.15) is 11.6 Å². The number of guanidine groups is 1. The molecule has 4 rings (SSSR count). The van der Waals surface area contributed by atoms with Crippen LogP contribution >= 0.6 is 11.3 Å². The highest BCUT2D eigenvalue weighted by molar-refractivity contribution is 7.10. The van der Waals surface area contributed by atoms with Crippen LogP contribution in [0.1, 0.15) is 30.7 Å². The van der Waals surface area contributed by atoms with Gasteiger partial charge in [0, 0.05) is 43.0 Å². The summed E-state index contributed by atoms with van der Waals surface area (Å²) in [4.78, 5) is 27.2. The van der Waals surface area contributed by atoms with Crippen molar-refractivity contribution in [1.82, 2.24) is 14.8 Å². The molecule has 2 aromatic heterocycles. The summed E-state index contributed by atoms with van der Waals surface area (Å²) in [5.74, 6) is 0.238. The Bertz CT molecular complexity index is 953. The Morgan fingerprint density at radius 1 is 1.27 bits per heavy atom. The molecule has 4 heterocycles. The molecule has 0 spiro atoms. The van der Waals surface area contributed by atoms with E-state index >= 15 is 0 Å². The summed E-state index contributed by atoms with van der Waals surface area (Å²) in [6.07, 6.45) is 5.92. The zero-order valence-corrected chi connectivity index (χ0v) is 18.6. The minimum atomic E-state index is -0.748. The maximum Gasteiger partial charge on any atom is 0.249 e. The van der Waals surface area contributed by atoms with Crippen molar-refractivity contribution in [2.24, 2.45) is 10.7 Å². The van der Waals surface area contributed by atoms with E-state index in [1.807, 2.05) is 19.3 Å². The summed E-state index contributed by atoms with van der Waals surface area (Å²) in [7, 11) is 1.69. The predicted octanol–water partition coefficient (Wildman–Crippen LogP) is 2.47. The van der Waals surface area contributed by atoms with Gasteiger partial charge in [0.05, 0.1) is 13.2 Å². The van der Waals surface area contributed by atoms with Crippen molar-refractivity contribution in [2.75, 3.05) is 33.4 Å². The molecule has 0 bridgehead atoms. The smallest absolute Gasteiger partial charge is 0.249 e. The maximum absolute atomic E-state index is 13.3. The number of likely N-dealkylation sites (N-methyl/N-ethyl adjacent to an activating group) is 1. The quantitative estimate of drug-likeness (QED) is 0.792. The normalized spacial score (nSPS) is 25.4. The van der Waals surface area contributed by atoms with Crippen LogP contribution in [0.15, 0.2) is 34.9 Å². The molecule has 1 fully saturated rings. The van der Waals surface area contributed by atoms with E-state index in [1.165, 1.54) is 10.5 Å². The molecule has 30 heavy (non-hydrogen) atoms. The van der Waals surface area contributed by atoms with Crippen LogP contribution < -0.4 is 5.73 Å². The number of amides is 1. The van der Waals surface area contributed by atoms with Crippen LogP contribution in [0, 0.1) is 0 Å². The molecule has 2 N–H and O–H groups in total. The molecule has 1 amide bonds. The van der Waals surface area contributed by atoms with Crippen LogP contribution in [-0.4, -0.2) is 66.0 Å². The van der Waals surface area contributed by atoms with Gasteiger partial charge < -0.3 is 10.5 Å². The number of morpholine rings is 1. The predicted molar refractivity (Wildman–Crippen MR) is 119 cm³/mol. The molecular formula is C22H29N5O2S. The number of aliphatic imine (C=N–C) groups is 1. The fourth-order valence-electron chi connectivity index (χ4n) is 4.27. The van der Waals surface area contributed by atoms with Crippen molar-refractivity contribution in [3.05, 3.63) is 40.3 Å². The maximum atomic E-state index is 13.3. The molecule has 1 saturated heterocycles. The monoisotopic (exact) mass is 427 g/mol. The van der Waals surface area contributed by atoms with Crippen LogP contribution in [0.3, 0.4) is 0 Å². The average Bonchev–Trinajstić information content (AvgIpc) is 3.25. The average molecular weight is 428 g/mol. The summed E-state index contributed by atoms with van der Waals surface area (Å²) in [6.45, 7) is 6.84. The Labute approximate surface area is 181 Å². The molecule has 0 saturated carbocycles. The summed E-state index contributed by atoms with van der Waals surface area (Å²) in [6, 6.07) is 3.93. The first kappa shape index (κ1) is 21.0. The van der Waals surface area contributed by atoms with Crippen LogP contribution in [0.5, 0.6) is 0 Å². The number of nitrogens with two attached hydrogens (primary N) is 1. The molecule has 1 unspecified atom stereocenters. The van der Waals surface area contributed by atoms with Gasteiger partial charge in [0.2, 0.25) is 5.91 Å². The number of hydrogen-bond acceptors (Lipinski definition) is 7. The van der Waals surface area contributed by atoms with Gasteiger partial charge >= 0.3 is 0 Å². The second-order valence-corrected chi connectivity index (χ2v) is 9.01. The molecule has 2 aliphatic rings. The van der Waals surface area contributed by atoms with Crippen molar-refractivity contribution in [2.45, 2.75) is 38.3 Å². The number of ether oxygens (including phenoxy) is 1. The molecule has 160 valence electrons. The first-order valence-corrected chi connectivity index (χ1v) is 11.3. The summed E-state index contributed by atoms with van der Waals surface area (Å²) in [5, 5.41) is 2.12. The summed E-state index contributed by atoms with van der Waals surface area (Å²) in [5.41, 5.74) is 8.83. The molecule has 0 radical (unpaired) electrons. The van der Waals surface area contributed by atoms with Gasteiger partial charge in [-0.3, -0.25) is 19.6 Å². The second-order valence-electron chi connectivity index (χ2n) is 8.10. The van der Waals surface area contributed by atoms with E-state index in [-0.39, 0.29) is 11.9 Å². The Balaban J connectivity index is 1.73. The molecular weight excluding hydrogens is 398 g/mol. The van der Waals surface area contributed by atoms with E-state index < -0.39 is 11.6 Å². The zero-order valence-electron chi connectivity index (χ0n) is 17.8. The van der Waals surface area contributed by atoms with E-state index in [0.717, 1.165) is 28.8 Å². The van der Waals surface area contributed by atoms with Gasteiger partial charge in [0.25, 0.3) is 0 Å². The first-order valence-electron chi connectivity index (χ1n) is 10.4. The fraction of sp³-hybridized carbons (Fsp3) is 0.500. The van der Waals surface area contributed by atoms with Crippen molar-refractivity contribution in [3.8, 4) is 11.1 Å². The number of carbonyl (C=O) groups excluding carboxylic acids is 1. The van der Waals surface area contributed by atoms with E-state index in [1.54, 1.807) is 18.4 Å². The Morgan fingerprint density at radius 3 is 2.77 bits per heavy atom. The van der Waals surface area contributed by atoms with Crippen LogP contribution in [-0.2, 0) is 21.5 Å². The first-order chi connectivity index (χ1) is 14.4. The minimum Gasteiger partial charge on any atom is -0.379 e. The van der Waals surface area contributed by atoms with Crippen molar-refractivity contribution < 1.29 is 9.53 Å². The van der Waals surface area contributed by atoms with Crippen LogP contribution in [0.2, 0.25) is 0 Å². The second kappa shape index (κ2) is 8.45. The number of thiophene rings is 1. The summed E-state index contributed by atoms with van der Waals surface area (Å²) < 4.78 is 5.51.